The molecule has 4 nitrogen and oxygen atoms in total. The highest BCUT2D eigenvalue weighted by Crippen LogP contribution is 2.44. The van der Waals surface area contributed by atoms with Crippen molar-refractivity contribution in [3.63, 3.8) is 0 Å². The van der Waals surface area contributed by atoms with E-state index in [2.05, 4.69) is 21.0 Å². The number of aromatic nitrogens is 2. The molecule has 126 valence electrons. The number of ether oxygens (including phenoxy) is 1. The van der Waals surface area contributed by atoms with E-state index in [9.17, 15) is 18.3 Å². The molecular formula is C15H16BrF3N2O2. The Morgan fingerprint density at radius 1 is 1.43 bits per heavy atom. The number of halogens is 4. The highest BCUT2D eigenvalue weighted by atomic mass is 79.9. The van der Waals surface area contributed by atoms with E-state index in [4.69, 9.17) is 4.74 Å². The van der Waals surface area contributed by atoms with Crippen LogP contribution in [0.4, 0.5) is 13.2 Å². The predicted octanol–water partition coefficient (Wildman–Crippen LogP) is 3.91. The average molecular weight is 393 g/mol. The summed E-state index contributed by atoms with van der Waals surface area (Å²) >= 11 is 3.18. The summed E-state index contributed by atoms with van der Waals surface area (Å²) in [6, 6.07) is 2.35. The van der Waals surface area contributed by atoms with E-state index >= 15 is 0 Å². The molecule has 0 radical (unpaired) electrons. The second kappa shape index (κ2) is 5.66. The van der Waals surface area contributed by atoms with E-state index in [1.165, 1.54) is 10.9 Å². The molecule has 1 fully saturated rings. The first-order chi connectivity index (χ1) is 10.7. The van der Waals surface area contributed by atoms with Crippen LogP contribution in [0.25, 0.3) is 10.9 Å². The summed E-state index contributed by atoms with van der Waals surface area (Å²) in [7, 11) is 0. The minimum atomic E-state index is -4.50. The van der Waals surface area contributed by atoms with Gasteiger partial charge in [-0.3, -0.25) is 4.68 Å². The van der Waals surface area contributed by atoms with Gasteiger partial charge >= 0.3 is 6.18 Å². The first-order valence-corrected chi connectivity index (χ1v) is 8.33. The summed E-state index contributed by atoms with van der Waals surface area (Å²) in [5, 5.41) is 14.9. The van der Waals surface area contributed by atoms with Crippen LogP contribution in [-0.4, -0.2) is 32.4 Å². The lowest BCUT2D eigenvalue weighted by Crippen LogP contribution is -2.42. The molecule has 1 aliphatic rings. The van der Waals surface area contributed by atoms with Crippen molar-refractivity contribution < 1.29 is 23.0 Å². The van der Waals surface area contributed by atoms with Crippen molar-refractivity contribution in [2.75, 3.05) is 11.9 Å². The van der Waals surface area contributed by atoms with E-state index in [1.54, 1.807) is 13.0 Å². The van der Waals surface area contributed by atoms with Crippen molar-refractivity contribution in [3.8, 4) is 5.75 Å². The molecule has 1 heterocycles. The standard InChI is InChI=1S/C15H16BrF3N2O2/c1-14(22)6-10(7-14)21-13-9(8-20-21)4-11(23-3-2-16)5-12(13)15(17,18)19/h4-5,8,10,22H,2-3,6-7H2,1H3. The molecule has 0 unspecified atom stereocenters. The zero-order valence-electron chi connectivity index (χ0n) is 12.4. The number of alkyl halides is 4. The molecule has 2 aromatic rings. The number of fused-ring (bicyclic) bond motifs is 1. The summed E-state index contributed by atoms with van der Waals surface area (Å²) < 4.78 is 47.1. The van der Waals surface area contributed by atoms with Crippen LogP contribution >= 0.6 is 15.9 Å². The molecule has 1 aromatic heterocycles. The van der Waals surface area contributed by atoms with Gasteiger partial charge in [0.25, 0.3) is 0 Å². The van der Waals surface area contributed by atoms with Gasteiger partial charge < -0.3 is 9.84 Å². The van der Waals surface area contributed by atoms with Crippen LogP contribution in [0.3, 0.4) is 0 Å². The minimum Gasteiger partial charge on any atom is -0.493 e. The van der Waals surface area contributed by atoms with E-state index < -0.39 is 17.3 Å². The van der Waals surface area contributed by atoms with Gasteiger partial charge in [0.15, 0.2) is 0 Å². The Bertz CT molecular complexity index is 719. The lowest BCUT2D eigenvalue weighted by Gasteiger charge is -2.41. The SMILES string of the molecule is CC1(O)CC(n2ncc3cc(OCCBr)cc(C(F)(F)F)c32)C1. The lowest BCUT2D eigenvalue weighted by molar-refractivity contribution is -0.136. The van der Waals surface area contributed by atoms with Gasteiger partial charge in [0, 0.05) is 10.7 Å². The Hall–Kier alpha value is -1.28. The van der Waals surface area contributed by atoms with Gasteiger partial charge in [-0.2, -0.15) is 18.3 Å². The molecule has 23 heavy (non-hydrogen) atoms. The van der Waals surface area contributed by atoms with Crippen LogP contribution in [0.1, 0.15) is 31.4 Å². The van der Waals surface area contributed by atoms with E-state index in [0.717, 1.165) is 6.07 Å². The molecule has 1 saturated carbocycles. The lowest BCUT2D eigenvalue weighted by atomic mass is 9.77. The van der Waals surface area contributed by atoms with Crippen LogP contribution in [-0.2, 0) is 6.18 Å². The zero-order chi connectivity index (χ0) is 16.8. The van der Waals surface area contributed by atoms with Gasteiger partial charge in [-0.25, -0.2) is 0 Å². The first kappa shape index (κ1) is 16.6. The van der Waals surface area contributed by atoms with Crippen molar-refractivity contribution in [2.45, 2.75) is 37.6 Å². The number of hydrogen-bond acceptors (Lipinski definition) is 3. The van der Waals surface area contributed by atoms with Crippen LogP contribution in [0, 0.1) is 0 Å². The highest BCUT2D eigenvalue weighted by molar-refractivity contribution is 9.09. The molecule has 0 spiro atoms. The fraction of sp³-hybridized carbons (Fsp3) is 0.533. The van der Waals surface area contributed by atoms with Crippen molar-refractivity contribution in [3.05, 3.63) is 23.9 Å². The molecule has 8 heteroatoms. The molecular weight excluding hydrogens is 377 g/mol. The van der Waals surface area contributed by atoms with Gasteiger partial charge in [0.1, 0.15) is 5.75 Å². The second-order valence-corrected chi connectivity index (χ2v) is 6.89. The quantitative estimate of drug-likeness (QED) is 0.802. The Labute approximate surface area is 139 Å². The smallest absolute Gasteiger partial charge is 0.418 e. The maximum atomic E-state index is 13.5. The van der Waals surface area contributed by atoms with E-state index in [1.807, 2.05) is 0 Å². The second-order valence-electron chi connectivity index (χ2n) is 6.09. The topological polar surface area (TPSA) is 47.3 Å². The zero-order valence-corrected chi connectivity index (χ0v) is 14.0. The molecule has 3 rings (SSSR count). The van der Waals surface area contributed by atoms with Crippen LogP contribution in [0.15, 0.2) is 18.3 Å². The fourth-order valence-corrected chi connectivity index (χ4v) is 3.19. The van der Waals surface area contributed by atoms with Gasteiger partial charge in [-0.15, -0.1) is 0 Å². The number of nitrogens with zero attached hydrogens (tertiary/aromatic N) is 2. The third kappa shape index (κ3) is 3.19. The summed E-state index contributed by atoms with van der Waals surface area (Å²) in [6.45, 7) is 1.95. The number of aliphatic hydroxyl groups is 1. The molecule has 1 N–H and O–H groups in total. The molecule has 0 bridgehead atoms. The van der Waals surface area contributed by atoms with Crippen LogP contribution < -0.4 is 4.74 Å². The van der Waals surface area contributed by atoms with Gasteiger partial charge in [0.2, 0.25) is 0 Å². The Balaban J connectivity index is 2.07. The summed E-state index contributed by atoms with van der Waals surface area (Å²) in [6.07, 6.45) is -2.31. The van der Waals surface area contributed by atoms with Crippen molar-refractivity contribution in [1.82, 2.24) is 9.78 Å². The molecule has 1 aromatic carbocycles. The highest BCUT2D eigenvalue weighted by Gasteiger charge is 2.42. The van der Waals surface area contributed by atoms with Gasteiger partial charge in [0.05, 0.1) is 35.5 Å². The maximum Gasteiger partial charge on any atom is 0.418 e. The van der Waals surface area contributed by atoms with Gasteiger partial charge in [-0.05, 0) is 31.9 Å². The van der Waals surface area contributed by atoms with E-state index in [-0.39, 0.29) is 23.9 Å². The third-order valence-corrected chi connectivity index (χ3v) is 4.33. The normalized spacial score (nSPS) is 24.7. The van der Waals surface area contributed by atoms with Gasteiger partial charge in [-0.1, -0.05) is 15.9 Å². The summed E-state index contributed by atoms with van der Waals surface area (Å²) in [5.74, 6) is 0.171. The molecule has 0 atom stereocenters. The molecule has 0 saturated heterocycles. The minimum absolute atomic E-state index is 0.0455. The molecule has 0 amide bonds. The van der Waals surface area contributed by atoms with Crippen LogP contribution in [0.2, 0.25) is 0 Å². The van der Waals surface area contributed by atoms with E-state index in [0.29, 0.717) is 23.6 Å². The number of benzene rings is 1. The summed E-state index contributed by atoms with van der Waals surface area (Å²) in [5.41, 5.74) is -1.55. The van der Waals surface area contributed by atoms with Crippen molar-refractivity contribution >= 4 is 26.8 Å². The number of rotatable bonds is 4. The Morgan fingerprint density at radius 2 is 2.13 bits per heavy atom. The fourth-order valence-electron chi connectivity index (χ4n) is 3.03. The molecule has 1 aliphatic carbocycles. The van der Waals surface area contributed by atoms with Crippen molar-refractivity contribution in [1.29, 1.82) is 0 Å². The third-order valence-electron chi connectivity index (χ3n) is 4.01. The first-order valence-electron chi connectivity index (χ1n) is 7.21. The Kier molecular flexibility index (Phi) is 4.08. The van der Waals surface area contributed by atoms with Crippen molar-refractivity contribution in [2.24, 2.45) is 0 Å². The monoisotopic (exact) mass is 392 g/mol. The number of hydrogen-bond donors (Lipinski definition) is 1. The largest absolute Gasteiger partial charge is 0.493 e. The maximum absolute atomic E-state index is 13.5. The predicted molar refractivity (Wildman–Crippen MR) is 82.9 cm³/mol. The summed E-state index contributed by atoms with van der Waals surface area (Å²) in [4.78, 5) is 0. The van der Waals surface area contributed by atoms with Crippen LogP contribution in [0.5, 0.6) is 5.75 Å². The molecule has 0 aliphatic heterocycles. The Morgan fingerprint density at radius 3 is 2.70 bits per heavy atom. The average Bonchev–Trinajstić information content (AvgIpc) is 2.83.